The summed E-state index contributed by atoms with van der Waals surface area (Å²) in [5, 5.41) is 0. The topological polar surface area (TPSA) is 25.8 Å². The Labute approximate surface area is 92.2 Å². The van der Waals surface area contributed by atoms with Crippen LogP contribution >= 0.6 is 0 Å². The van der Waals surface area contributed by atoms with E-state index in [9.17, 15) is 0 Å². The first-order valence-electron chi connectivity index (χ1n) is 5.40. The molecule has 2 rings (SSSR count). The quantitative estimate of drug-likeness (QED) is 0.532. The average Bonchev–Trinajstić information content (AvgIpc) is 2.97. The molecule has 1 aromatic heterocycles. The molecule has 0 N–H and O–H groups in total. The molecule has 1 heterocycles. The summed E-state index contributed by atoms with van der Waals surface area (Å²) in [6.45, 7) is 6.70. The largest absolute Gasteiger partial charge is 0.260 e. The standard InChI is InChI=1S/C12H16N2Si/c1-15(2,3)7-6-11-8-13-9-12(14-11)10-4-5-10/h8-10H,4-5H2,1-3H3. The summed E-state index contributed by atoms with van der Waals surface area (Å²) in [6.07, 6.45) is 6.16. The Morgan fingerprint density at radius 3 is 2.60 bits per heavy atom. The summed E-state index contributed by atoms with van der Waals surface area (Å²) in [7, 11) is -1.30. The fourth-order valence-electron chi connectivity index (χ4n) is 1.27. The van der Waals surface area contributed by atoms with Crippen LogP contribution in [-0.4, -0.2) is 18.0 Å². The lowest BCUT2D eigenvalue weighted by atomic mass is 10.3. The summed E-state index contributed by atoms with van der Waals surface area (Å²) in [6, 6.07) is 0. The van der Waals surface area contributed by atoms with Gasteiger partial charge in [0.05, 0.1) is 11.9 Å². The van der Waals surface area contributed by atoms with Crippen molar-refractivity contribution in [2.24, 2.45) is 0 Å². The first-order chi connectivity index (χ1) is 7.04. The molecule has 0 unspecified atom stereocenters. The van der Waals surface area contributed by atoms with Gasteiger partial charge in [0.15, 0.2) is 0 Å². The zero-order valence-electron chi connectivity index (χ0n) is 9.54. The smallest absolute Gasteiger partial charge is 0.131 e. The Bertz CT molecular complexity index is 419. The van der Waals surface area contributed by atoms with Gasteiger partial charge < -0.3 is 0 Å². The van der Waals surface area contributed by atoms with Crippen LogP contribution in [0.1, 0.15) is 30.1 Å². The molecule has 1 saturated carbocycles. The van der Waals surface area contributed by atoms with Gasteiger partial charge in [-0.05, 0) is 12.8 Å². The lowest BCUT2D eigenvalue weighted by molar-refractivity contribution is 0.978. The van der Waals surface area contributed by atoms with E-state index in [-0.39, 0.29) is 0 Å². The normalized spacial score (nSPS) is 15.7. The number of aromatic nitrogens is 2. The highest BCUT2D eigenvalue weighted by Crippen LogP contribution is 2.38. The van der Waals surface area contributed by atoms with Crippen molar-refractivity contribution in [1.82, 2.24) is 9.97 Å². The summed E-state index contributed by atoms with van der Waals surface area (Å²) in [5.74, 6) is 3.80. The SMILES string of the molecule is C[Si](C)(C)C#Cc1cncc(C2CC2)n1. The van der Waals surface area contributed by atoms with Gasteiger partial charge in [0.2, 0.25) is 0 Å². The highest BCUT2D eigenvalue weighted by Gasteiger charge is 2.25. The summed E-state index contributed by atoms with van der Waals surface area (Å²) < 4.78 is 0. The van der Waals surface area contributed by atoms with Gasteiger partial charge in [0.1, 0.15) is 13.8 Å². The lowest BCUT2D eigenvalue weighted by Crippen LogP contribution is -2.16. The van der Waals surface area contributed by atoms with Crippen molar-refractivity contribution in [3.05, 3.63) is 23.8 Å². The molecular formula is C12H16N2Si. The van der Waals surface area contributed by atoms with Crippen LogP contribution in [0.4, 0.5) is 0 Å². The molecule has 78 valence electrons. The van der Waals surface area contributed by atoms with E-state index in [1.54, 1.807) is 6.20 Å². The Morgan fingerprint density at radius 2 is 2.00 bits per heavy atom. The van der Waals surface area contributed by atoms with Crippen molar-refractivity contribution >= 4 is 8.07 Å². The van der Waals surface area contributed by atoms with E-state index >= 15 is 0 Å². The zero-order valence-corrected chi connectivity index (χ0v) is 10.5. The minimum Gasteiger partial charge on any atom is -0.260 e. The van der Waals surface area contributed by atoms with Gasteiger partial charge in [0, 0.05) is 12.1 Å². The highest BCUT2D eigenvalue weighted by molar-refractivity contribution is 6.83. The maximum atomic E-state index is 4.52. The van der Waals surface area contributed by atoms with Crippen molar-refractivity contribution < 1.29 is 0 Å². The Hall–Kier alpha value is -1.14. The molecule has 1 aliphatic carbocycles. The fraction of sp³-hybridized carbons (Fsp3) is 0.500. The molecular weight excluding hydrogens is 200 g/mol. The van der Waals surface area contributed by atoms with E-state index < -0.39 is 8.07 Å². The molecule has 0 radical (unpaired) electrons. The van der Waals surface area contributed by atoms with Crippen LogP contribution in [0, 0.1) is 11.5 Å². The van der Waals surface area contributed by atoms with E-state index in [1.807, 2.05) is 6.20 Å². The second-order valence-corrected chi connectivity index (χ2v) is 9.85. The first kappa shape index (κ1) is 10.4. The van der Waals surface area contributed by atoms with E-state index in [1.165, 1.54) is 12.8 Å². The number of hydrogen-bond donors (Lipinski definition) is 0. The van der Waals surface area contributed by atoms with Crippen LogP contribution in [0.15, 0.2) is 12.4 Å². The third kappa shape index (κ3) is 3.17. The monoisotopic (exact) mass is 216 g/mol. The molecule has 2 nitrogen and oxygen atoms in total. The maximum Gasteiger partial charge on any atom is 0.131 e. The van der Waals surface area contributed by atoms with Gasteiger partial charge in [-0.1, -0.05) is 25.6 Å². The summed E-state index contributed by atoms with van der Waals surface area (Å²) in [4.78, 5) is 8.72. The molecule has 1 fully saturated rings. The van der Waals surface area contributed by atoms with Gasteiger partial charge in [-0.15, -0.1) is 5.54 Å². The molecule has 0 atom stereocenters. The third-order valence-corrected chi connectivity index (χ3v) is 3.09. The predicted octanol–water partition coefficient (Wildman–Crippen LogP) is 2.58. The molecule has 0 saturated heterocycles. The molecule has 0 spiro atoms. The summed E-state index contributed by atoms with van der Waals surface area (Å²) >= 11 is 0. The average molecular weight is 216 g/mol. The van der Waals surface area contributed by atoms with Crippen LogP contribution < -0.4 is 0 Å². The van der Waals surface area contributed by atoms with Crippen molar-refractivity contribution in [3.63, 3.8) is 0 Å². The van der Waals surface area contributed by atoms with Crippen LogP contribution in [-0.2, 0) is 0 Å². The van der Waals surface area contributed by atoms with Crippen molar-refractivity contribution in [1.29, 1.82) is 0 Å². The minimum atomic E-state index is -1.30. The van der Waals surface area contributed by atoms with Crippen LogP contribution in [0.25, 0.3) is 0 Å². The molecule has 1 aromatic rings. The van der Waals surface area contributed by atoms with E-state index in [4.69, 9.17) is 0 Å². The Kier molecular flexibility index (Phi) is 2.62. The molecule has 15 heavy (non-hydrogen) atoms. The van der Waals surface area contributed by atoms with Crippen molar-refractivity contribution in [2.45, 2.75) is 38.4 Å². The van der Waals surface area contributed by atoms with Crippen LogP contribution in [0.5, 0.6) is 0 Å². The zero-order chi connectivity index (χ0) is 10.9. The second-order valence-electron chi connectivity index (χ2n) is 5.10. The van der Waals surface area contributed by atoms with E-state index in [0.717, 1.165) is 11.4 Å². The van der Waals surface area contributed by atoms with Crippen molar-refractivity contribution in [2.75, 3.05) is 0 Å². The maximum absolute atomic E-state index is 4.52. The van der Waals surface area contributed by atoms with Gasteiger partial charge in [-0.25, -0.2) is 4.98 Å². The summed E-state index contributed by atoms with van der Waals surface area (Å²) in [5.41, 5.74) is 5.27. The minimum absolute atomic E-state index is 0.658. The molecule has 1 aliphatic rings. The van der Waals surface area contributed by atoms with Gasteiger partial charge in [-0.2, -0.15) is 0 Å². The third-order valence-electron chi connectivity index (χ3n) is 2.21. The Balaban J connectivity index is 2.20. The second kappa shape index (κ2) is 3.78. The number of hydrogen-bond acceptors (Lipinski definition) is 2. The molecule has 0 amide bonds. The fourth-order valence-corrected chi connectivity index (χ4v) is 1.77. The van der Waals surface area contributed by atoms with Gasteiger partial charge >= 0.3 is 0 Å². The van der Waals surface area contributed by atoms with E-state index in [2.05, 4.69) is 41.1 Å². The van der Waals surface area contributed by atoms with Crippen LogP contribution in [0.3, 0.4) is 0 Å². The Morgan fingerprint density at radius 1 is 1.27 bits per heavy atom. The lowest BCUT2D eigenvalue weighted by Gasteiger charge is -2.03. The molecule has 0 aliphatic heterocycles. The van der Waals surface area contributed by atoms with Crippen molar-refractivity contribution in [3.8, 4) is 11.5 Å². The number of nitrogens with zero attached hydrogens (tertiary/aromatic N) is 2. The predicted molar refractivity (Wildman–Crippen MR) is 64.2 cm³/mol. The van der Waals surface area contributed by atoms with E-state index in [0.29, 0.717) is 5.92 Å². The molecule has 3 heteroatoms. The molecule has 0 aromatic carbocycles. The number of rotatable bonds is 1. The van der Waals surface area contributed by atoms with Gasteiger partial charge in [-0.3, -0.25) is 4.98 Å². The first-order valence-corrected chi connectivity index (χ1v) is 8.90. The van der Waals surface area contributed by atoms with Crippen LogP contribution in [0.2, 0.25) is 19.6 Å². The highest BCUT2D eigenvalue weighted by atomic mass is 28.3. The van der Waals surface area contributed by atoms with Gasteiger partial charge in [0.25, 0.3) is 0 Å². The molecule has 0 bridgehead atoms.